The molecule has 1 saturated heterocycles. The van der Waals surface area contributed by atoms with Crippen LogP contribution in [-0.2, 0) is 0 Å². The summed E-state index contributed by atoms with van der Waals surface area (Å²) in [6.07, 6.45) is -0.395. The van der Waals surface area contributed by atoms with Crippen molar-refractivity contribution in [2.45, 2.75) is 25.5 Å². The molecule has 0 bridgehead atoms. The molecule has 0 spiro atoms. The van der Waals surface area contributed by atoms with Gasteiger partial charge in [0.1, 0.15) is 29.2 Å². The highest BCUT2D eigenvalue weighted by Crippen LogP contribution is 2.26. The lowest BCUT2D eigenvalue weighted by molar-refractivity contribution is 0.182. The third-order valence-corrected chi connectivity index (χ3v) is 4.81. The molecule has 0 aromatic heterocycles. The second-order valence-electron chi connectivity index (χ2n) is 6.90. The molecule has 5 nitrogen and oxygen atoms in total. The van der Waals surface area contributed by atoms with Gasteiger partial charge in [-0.25, -0.2) is 13.2 Å². The van der Waals surface area contributed by atoms with E-state index in [4.69, 9.17) is 0 Å². The fourth-order valence-electron chi connectivity index (χ4n) is 3.41. The Balaban J connectivity index is 0.00000320. The first-order valence-corrected chi connectivity index (χ1v) is 9.66. The minimum Gasteiger partial charge on any atom is -0.386 e. The summed E-state index contributed by atoms with van der Waals surface area (Å²) in [7, 11) is 0. The van der Waals surface area contributed by atoms with Crippen molar-refractivity contribution in [2.24, 2.45) is 4.99 Å². The van der Waals surface area contributed by atoms with E-state index in [-0.39, 0.29) is 47.8 Å². The Bertz CT molecular complexity index is 848. The number of benzene rings is 2. The van der Waals surface area contributed by atoms with Crippen LogP contribution in [0, 0.1) is 17.5 Å². The largest absolute Gasteiger partial charge is 0.386 e. The van der Waals surface area contributed by atoms with E-state index in [0.717, 1.165) is 0 Å². The van der Waals surface area contributed by atoms with Crippen LogP contribution in [0.4, 0.5) is 18.9 Å². The number of hydrogen-bond acceptors (Lipinski definition) is 3. The van der Waals surface area contributed by atoms with Crippen LogP contribution in [0.2, 0.25) is 0 Å². The molecule has 30 heavy (non-hydrogen) atoms. The average Bonchev–Trinajstić information content (AvgIpc) is 3.14. The fourth-order valence-corrected chi connectivity index (χ4v) is 3.41. The molecule has 2 aromatic carbocycles. The topological polar surface area (TPSA) is 59.9 Å². The van der Waals surface area contributed by atoms with E-state index in [1.54, 1.807) is 17.0 Å². The zero-order chi connectivity index (χ0) is 20.8. The zero-order valence-electron chi connectivity index (χ0n) is 16.6. The lowest BCUT2D eigenvalue weighted by atomic mass is 10.1. The van der Waals surface area contributed by atoms with Gasteiger partial charge < -0.3 is 20.6 Å². The highest BCUT2D eigenvalue weighted by molar-refractivity contribution is 14.0. The van der Waals surface area contributed by atoms with Gasteiger partial charge in [0.2, 0.25) is 0 Å². The van der Waals surface area contributed by atoms with Gasteiger partial charge in [-0.15, -0.1) is 24.0 Å². The maximum atomic E-state index is 14.0. The number of anilines is 1. The molecule has 3 N–H and O–H groups in total. The minimum atomic E-state index is -1.07. The smallest absolute Gasteiger partial charge is 0.191 e. The molecule has 3 rings (SSSR count). The number of guanidine groups is 1. The molecule has 1 fully saturated rings. The highest BCUT2D eigenvalue weighted by Gasteiger charge is 2.27. The van der Waals surface area contributed by atoms with E-state index in [2.05, 4.69) is 15.6 Å². The van der Waals surface area contributed by atoms with Crippen molar-refractivity contribution >= 4 is 35.6 Å². The number of rotatable bonds is 6. The Labute approximate surface area is 191 Å². The van der Waals surface area contributed by atoms with E-state index in [1.807, 2.05) is 6.92 Å². The molecule has 0 aliphatic carbocycles. The lowest BCUT2D eigenvalue weighted by Gasteiger charge is -2.21. The summed E-state index contributed by atoms with van der Waals surface area (Å²) in [5, 5.41) is 16.5. The van der Waals surface area contributed by atoms with Gasteiger partial charge in [0.05, 0.1) is 6.54 Å². The van der Waals surface area contributed by atoms with Gasteiger partial charge in [-0.2, -0.15) is 0 Å². The summed E-state index contributed by atoms with van der Waals surface area (Å²) in [4.78, 5) is 6.01. The highest BCUT2D eigenvalue weighted by atomic mass is 127. The molecule has 9 heteroatoms. The predicted octanol–water partition coefficient (Wildman–Crippen LogP) is 3.59. The third-order valence-electron chi connectivity index (χ3n) is 4.81. The fraction of sp³-hybridized carbons (Fsp3) is 0.381. The van der Waals surface area contributed by atoms with E-state index < -0.39 is 23.6 Å². The maximum absolute atomic E-state index is 14.0. The Morgan fingerprint density at radius 3 is 2.47 bits per heavy atom. The number of hydrogen-bond donors (Lipinski definition) is 3. The molecule has 164 valence electrons. The normalized spacial score (nSPS) is 17.4. The zero-order valence-corrected chi connectivity index (χ0v) is 18.9. The number of aliphatic imine (C=N–C) groups is 1. The first-order valence-electron chi connectivity index (χ1n) is 9.66. The van der Waals surface area contributed by atoms with Crippen molar-refractivity contribution in [1.82, 2.24) is 10.6 Å². The van der Waals surface area contributed by atoms with E-state index in [9.17, 15) is 18.3 Å². The average molecular weight is 534 g/mol. The van der Waals surface area contributed by atoms with Gasteiger partial charge in [0, 0.05) is 31.2 Å². The van der Waals surface area contributed by atoms with Crippen molar-refractivity contribution in [2.75, 3.05) is 31.1 Å². The molecule has 0 radical (unpaired) electrons. The summed E-state index contributed by atoms with van der Waals surface area (Å²) in [6.45, 7) is 3.40. The van der Waals surface area contributed by atoms with Gasteiger partial charge in [-0.1, -0.05) is 24.3 Å². The van der Waals surface area contributed by atoms with Crippen LogP contribution < -0.4 is 15.5 Å². The summed E-state index contributed by atoms with van der Waals surface area (Å²) < 4.78 is 41.8. The molecular formula is C21H26F3IN4O. The Morgan fingerprint density at radius 1 is 1.13 bits per heavy atom. The minimum absolute atomic E-state index is 0. The summed E-state index contributed by atoms with van der Waals surface area (Å²) in [5.41, 5.74) is 0.169. The molecule has 2 unspecified atom stereocenters. The lowest BCUT2D eigenvalue weighted by Crippen LogP contribution is -2.45. The quantitative estimate of drug-likeness (QED) is 0.302. The summed E-state index contributed by atoms with van der Waals surface area (Å²) in [5.74, 6) is -1.19. The molecule has 0 amide bonds. The predicted molar refractivity (Wildman–Crippen MR) is 123 cm³/mol. The Kier molecular flexibility index (Phi) is 9.22. The second-order valence-corrected chi connectivity index (χ2v) is 6.90. The number of aliphatic hydroxyl groups excluding tert-OH is 1. The van der Waals surface area contributed by atoms with Crippen molar-refractivity contribution in [3.05, 3.63) is 65.5 Å². The van der Waals surface area contributed by atoms with Crippen LogP contribution in [0.15, 0.2) is 47.5 Å². The number of nitrogens with zero attached hydrogens (tertiary/aromatic N) is 2. The van der Waals surface area contributed by atoms with E-state index in [1.165, 1.54) is 30.3 Å². The van der Waals surface area contributed by atoms with Crippen molar-refractivity contribution in [3.63, 3.8) is 0 Å². The van der Waals surface area contributed by atoms with Crippen molar-refractivity contribution in [1.29, 1.82) is 0 Å². The Hall–Kier alpha value is -2.01. The summed E-state index contributed by atoms with van der Waals surface area (Å²) >= 11 is 0. The number of aliphatic hydroxyl groups is 1. The molecule has 0 saturated carbocycles. The monoisotopic (exact) mass is 534 g/mol. The van der Waals surface area contributed by atoms with Crippen LogP contribution in [0.5, 0.6) is 0 Å². The van der Waals surface area contributed by atoms with Crippen LogP contribution in [0.1, 0.15) is 25.0 Å². The number of halogens is 4. The molecule has 2 aromatic rings. The molecular weight excluding hydrogens is 508 g/mol. The third kappa shape index (κ3) is 6.00. The second kappa shape index (κ2) is 11.4. The standard InChI is InChI=1S/C21H25F3N4O.HI/c1-2-25-21(26-12-19(29)15-6-3-4-7-16(15)22)27-14-10-11-28(13-14)20-17(23)8-5-9-18(20)24;/h3-9,14,19,29H,2,10-13H2,1H3,(H2,25,26,27);1H. The number of para-hydroxylation sites is 1. The van der Waals surface area contributed by atoms with Gasteiger partial charge >= 0.3 is 0 Å². The van der Waals surface area contributed by atoms with Crippen LogP contribution >= 0.6 is 24.0 Å². The maximum Gasteiger partial charge on any atom is 0.191 e. The first kappa shape index (κ1) is 24.3. The first-order chi connectivity index (χ1) is 14.0. The van der Waals surface area contributed by atoms with Gasteiger partial charge in [0.15, 0.2) is 5.96 Å². The molecule has 1 aliphatic rings. The van der Waals surface area contributed by atoms with Crippen molar-refractivity contribution in [3.8, 4) is 0 Å². The van der Waals surface area contributed by atoms with Crippen molar-refractivity contribution < 1.29 is 18.3 Å². The van der Waals surface area contributed by atoms with Gasteiger partial charge in [-0.05, 0) is 31.5 Å². The van der Waals surface area contributed by atoms with Gasteiger partial charge in [0.25, 0.3) is 0 Å². The van der Waals surface area contributed by atoms with E-state index >= 15 is 0 Å². The SMILES string of the molecule is CCNC(=NCC(O)c1ccccc1F)NC1CCN(c2c(F)cccc2F)C1.I. The van der Waals surface area contributed by atoms with Crippen LogP contribution in [0.25, 0.3) is 0 Å². The van der Waals surface area contributed by atoms with E-state index in [0.29, 0.717) is 32.0 Å². The molecule has 1 heterocycles. The van der Waals surface area contributed by atoms with Gasteiger partial charge in [-0.3, -0.25) is 4.99 Å². The number of nitrogens with one attached hydrogen (secondary N) is 2. The molecule has 1 aliphatic heterocycles. The molecule has 2 atom stereocenters. The van der Waals surface area contributed by atoms with Crippen LogP contribution in [-0.4, -0.2) is 43.3 Å². The Morgan fingerprint density at radius 2 is 1.80 bits per heavy atom. The van der Waals surface area contributed by atoms with Crippen LogP contribution in [0.3, 0.4) is 0 Å². The summed E-state index contributed by atoms with van der Waals surface area (Å²) in [6, 6.07) is 9.79.